The Labute approximate surface area is 192 Å². The zero-order valence-electron chi connectivity index (χ0n) is 17.7. The van der Waals surface area contributed by atoms with Crippen LogP contribution in [0.4, 0.5) is 0 Å². The summed E-state index contributed by atoms with van der Waals surface area (Å²) < 4.78 is 33.0. The molecule has 0 unspecified atom stereocenters. The maximum absolute atomic E-state index is 12.7. The molecule has 0 saturated carbocycles. The Morgan fingerprint density at radius 2 is 1.81 bits per heavy atom. The van der Waals surface area contributed by atoms with E-state index >= 15 is 0 Å². The Kier molecular flexibility index (Phi) is 6.88. The van der Waals surface area contributed by atoms with Gasteiger partial charge in [-0.05, 0) is 49.2 Å². The summed E-state index contributed by atoms with van der Waals surface area (Å²) in [5.74, 6) is 0.802. The molecule has 9 heteroatoms. The molecule has 0 atom stereocenters. The molecule has 3 aromatic rings. The van der Waals surface area contributed by atoms with Gasteiger partial charge >= 0.3 is 0 Å². The first-order chi connectivity index (χ1) is 15.4. The van der Waals surface area contributed by atoms with Crippen LogP contribution < -0.4 is 9.46 Å². The summed E-state index contributed by atoms with van der Waals surface area (Å²) in [4.78, 5) is 19.4. The monoisotopic (exact) mass is 471 g/mol. The number of nitrogens with one attached hydrogen (secondary N) is 1. The fourth-order valence-electron chi connectivity index (χ4n) is 3.65. The van der Waals surface area contributed by atoms with E-state index in [4.69, 9.17) is 4.74 Å². The van der Waals surface area contributed by atoms with Crippen LogP contribution in [0, 0.1) is 0 Å². The molecule has 0 spiro atoms. The molecule has 1 fully saturated rings. The number of hydrogen-bond acceptors (Lipinski definition) is 6. The van der Waals surface area contributed by atoms with Crippen LogP contribution in [-0.2, 0) is 21.2 Å². The van der Waals surface area contributed by atoms with Crippen LogP contribution in [0.15, 0.2) is 64.9 Å². The van der Waals surface area contributed by atoms with Crippen molar-refractivity contribution in [2.75, 3.05) is 20.2 Å². The zero-order valence-corrected chi connectivity index (χ0v) is 19.4. The average molecular weight is 472 g/mol. The van der Waals surface area contributed by atoms with Crippen LogP contribution in [0.3, 0.4) is 0 Å². The van der Waals surface area contributed by atoms with E-state index in [2.05, 4.69) is 9.71 Å². The number of thiazole rings is 1. The fourth-order valence-corrected chi connectivity index (χ4v) is 5.81. The summed E-state index contributed by atoms with van der Waals surface area (Å²) in [7, 11) is -1.92. The van der Waals surface area contributed by atoms with Gasteiger partial charge in [0.1, 0.15) is 10.8 Å². The lowest BCUT2D eigenvalue weighted by Gasteiger charge is -2.32. The molecule has 1 aromatic heterocycles. The molecule has 32 heavy (non-hydrogen) atoms. The van der Waals surface area contributed by atoms with E-state index in [9.17, 15) is 13.2 Å². The Hall–Kier alpha value is -2.75. The fraction of sp³-hybridized carbons (Fsp3) is 0.304. The van der Waals surface area contributed by atoms with Gasteiger partial charge in [0.2, 0.25) is 15.9 Å². The molecule has 1 amide bonds. The largest absolute Gasteiger partial charge is 0.497 e. The number of carbonyl (C=O) groups excluding carboxylic acids is 1. The molecule has 2 heterocycles. The number of ether oxygens (including phenoxy) is 1. The van der Waals surface area contributed by atoms with Gasteiger partial charge in [-0.2, -0.15) is 0 Å². The van der Waals surface area contributed by atoms with Crippen LogP contribution in [0.25, 0.3) is 10.6 Å². The van der Waals surface area contributed by atoms with Gasteiger partial charge in [0.15, 0.2) is 0 Å². The normalized spacial score (nSPS) is 15.0. The minimum Gasteiger partial charge on any atom is -0.497 e. The van der Waals surface area contributed by atoms with Gasteiger partial charge in [-0.3, -0.25) is 4.79 Å². The predicted octanol–water partition coefficient (Wildman–Crippen LogP) is 3.33. The van der Waals surface area contributed by atoms with E-state index < -0.39 is 10.0 Å². The average Bonchev–Trinajstić information content (AvgIpc) is 3.28. The number of carbonyl (C=O) groups is 1. The van der Waals surface area contributed by atoms with Gasteiger partial charge in [0.05, 0.1) is 24.1 Å². The molecule has 2 aromatic carbocycles. The van der Waals surface area contributed by atoms with E-state index in [1.54, 1.807) is 42.3 Å². The number of aromatic nitrogens is 1. The standard InChI is InChI=1S/C23H25N3O4S2/c1-30-20-9-7-17(8-10-20)23-24-19(16-31-23)15-22(27)26-13-11-18(12-14-26)25-32(28,29)21-5-3-2-4-6-21/h2-10,16,18,25H,11-15H2,1H3. The van der Waals surface area contributed by atoms with Crippen LogP contribution in [-0.4, -0.2) is 50.5 Å². The second-order valence-corrected chi connectivity index (χ2v) is 10.2. The van der Waals surface area contributed by atoms with Crippen molar-refractivity contribution in [1.29, 1.82) is 0 Å². The van der Waals surface area contributed by atoms with E-state index in [-0.39, 0.29) is 23.3 Å². The highest BCUT2D eigenvalue weighted by atomic mass is 32.2. The molecular weight excluding hydrogens is 446 g/mol. The first kappa shape index (κ1) is 22.4. The summed E-state index contributed by atoms with van der Waals surface area (Å²) in [5.41, 5.74) is 1.73. The molecular formula is C23H25N3O4S2. The van der Waals surface area contributed by atoms with Crippen molar-refractivity contribution in [3.63, 3.8) is 0 Å². The van der Waals surface area contributed by atoms with Gasteiger partial charge in [0, 0.05) is 30.1 Å². The third-order valence-corrected chi connectivity index (χ3v) is 7.92. The Morgan fingerprint density at radius 3 is 2.47 bits per heavy atom. The number of benzene rings is 2. The number of nitrogens with zero attached hydrogens (tertiary/aromatic N) is 2. The highest BCUT2D eigenvalue weighted by Crippen LogP contribution is 2.26. The molecule has 1 N–H and O–H groups in total. The summed E-state index contributed by atoms with van der Waals surface area (Å²) in [5, 5.41) is 2.78. The predicted molar refractivity (Wildman–Crippen MR) is 124 cm³/mol. The molecule has 7 nitrogen and oxygen atoms in total. The van der Waals surface area contributed by atoms with E-state index in [1.165, 1.54) is 11.3 Å². The first-order valence-electron chi connectivity index (χ1n) is 10.4. The SMILES string of the molecule is COc1ccc(-c2nc(CC(=O)N3CCC(NS(=O)(=O)c4ccccc4)CC3)cs2)cc1. The van der Waals surface area contributed by atoms with Crippen molar-refractivity contribution in [2.24, 2.45) is 0 Å². The number of methoxy groups -OCH3 is 1. The van der Waals surface area contributed by atoms with Crippen LogP contribution in [0.1, 0.15) is 18.5 Å². The number of likely N-dealkylation sites (tertiary alicyclic amines) is 1. The van der Waals surface area contributed by atoms with Crippen LogP contribution >= 0.6 is 11.3 Å². The summed E-state index contributed by atoms with van der Waals surface area (Å²) in [6.07, 6.45) is 1.42. The minimum absolute atomic E-state index is 0.0148. The third kappa shape index (κ3) is 5.35. The number of hydrogen-bond donors (Lipinski definition) is 1. The van der Waals surface area contributed by atoms with Gasteiger partial charge in [-0.25, -0.2) is 18.1 Å². The van der Waals surface area contributed by atoms with Crippen molar-refractivity contribution in [3.05, 3.63) is 65.7 Å². The van der Waals surface area contributed by atoms with Gasteiger partial charge in [0.25, 0.3) is 0 Å². The van der Waals surface area contributed by atoms with E-state index in [1.807, 2.05) is 29.6 Å². The summed E-state index contributed by atoms with van der Waals surface area (Å²) >= 11 is 1.51. The van der Waals surface area contributed by atoms with Crippen molar-refractivity contribution < 1.29 is 17.9 Å². The number of piperidine rings is 1. The highest BCUT2D eigenvalue weighted by molar-refractivity contribution is 7.89. The number of rotatable bonds is 7. The molecule has 1 saturated heterocycles. The molecule has 4 rings (SSSR count). The lowest BCUT2D eigenvalue weighted by molar-refractivity contribution is -0.131. The second-order valence-electron chi connectivity index (χ2n) is 7.64. The molecule has 1 aliphatic heterocycles. The van der Waals surface area contributed by atoms with Crippen molar-refractivity contribution in [2.45, 2.75) is 30.2 Å². The molecule has 1 aliphatic rings. The van der Waals surface area contributed by atoms with Crippen molar-refractivity contribution in [3.8, 4) is 16.3 Å². The number of sulfonamides is 1. The zero-order chi connectivity index (χ0) is 22.6. The van der Waals surface area contributed by atoms with Gasteiger partial charge in [-0.1, -0.05) is 18.2 Å². The molecule has 0 aliphatic carbocycles. The quantitative estimate of drug-likeness (QED) is 0.571. The lowest BCUT2D eigenvalue weighted by Crippen LogP contribution is -2.46. The Bertz CT molecular complexity index is 1150. The minimum atomic E-state index is -3.54. The second kappa shape index (κ2) is 9.81. The van der Waals surface area contributed by atoms with Crippen molar-refractivity contribution in [1.82, 2.24) is 14.6 Å². The molecule has 168 valence electrons. The van der Waals surface area contributed by atoms with E-state index in [0.717, 1.165) is 22.0 Å². The third-order valence-electron chi connectivity index (χ3n) is 5.44. The summed E-state index contributed by atoms with van der Waals surface area (Å²) in [6, 6.07) is 15.8. The van der Waals surface area contributed by atoms with E-state index in [0.29, 0.717) is 25.9 Å². The Balaban J connectivity index is 1.30. The van der Waals surface area contributed by atoms with Crippen LogP contribution in [0.5, 0.6) is 5.75 Å². The van der Waals surface area contributed by atoms with Crippen molar-refractivity contribution >= 4 is 27.3 Å². The topological polar surface area (TPSA) is 88.6 Å². The maximum Gasteiger partial charge on any atom is 0.240 e. The number of amides is 1. The molecule has 0 radical (unpaired) electrons. The highest BCUT2D eigenvalue weighted by Gasteiger charge is 2.27. The van der Waals surface area contributed by atoms with Crippen LogP contribution in [0.2, 0.25) is 0 Å². The molecule has 0 bridgehead atoms. The van der Waals surface area contributed by atoms with Gasteiger partial charge < -0.3 is 9.64 Å². The smallest absolute Gasteiger partial charge is 0.240 e. The first-order valence-corrected chi connectivity index (χ1v) is 12.7. The lowest BCUT2D eigenvalue weighted by atomic mass is 10.1. The maximum atomic E-state index is 12.7. The van der Waals surface area contributed by atoms with Gasteiger partial charge in [-0.15, -0.1) is 11.3 Å². The summed E-state index contributed by atoms with van der Waals surface area (Å²) in [6.45, 7) is 1.05. The Morgan fingerprint density at radius 1 is 1.12 bits per heavy atom.